The Morgan fingerprint density at radius 2 is 1.85 bits per heavy atom. The highest BCUT2D eigenvalue weighted by Crippen LogP contribution is 2.22. The van der Waals surface area contributed by atoms with Crippen LogP contribution in [0, 0.1) is 0 Å². The number of thiophene rings is 1. The van der Waals surface area contributed by atoms with Crippen molar-refractivity contribution in [3.8, 4) is 0 Å². The van der Waals surface area contributed by atoms with Gasteiger partial charge in [0.1, 0.15) is 4.21 Å². The van der Waals surface area contributed by atoms with Crippen LogP contribution in [-0.2, 0) is 20.1 Å². The second-order valence-corrected chi connectivity index (χ2v) is 6.24. The highest BCUT2D eigenvalue weighted by Gasteiger charge is 2.17. The van der Waals surface area contributed by atoms with Crippen LogP contribution in [0.15, 0.2) is 20.6 Å². The van der Waals surface area contributed by atoms with Gasteiger partial charge in [-0.25, -0.2) is 13.6 Å². The van der Waals surface area contributed by atoms with Crippen molar-refractivity contribution >= 4 is 31.5 Å². The molecule has 0 atom stereocenters. The summed E-state index contributed by atoms with van der Waals surface area (Å²) in [5.41, 5.74) is 0. The van der Waals surface area contributed by atoms with Crippen molar-refractivity contribution in [2.45, 2.75) is 9.10 Å². The molecule has 3 N–H and O–H groups in total. The van der Waals surface area contributed by atoms with E-state index in [1.165, 1.54) is 0 Å². The fourth-order valence-corrected chi connectivity index (χ4v) is 3.10. The molecule has 0 amide bonds. The zero-order chi connectivity index (χ0) is 10.3. The number of nitrogens with two attached hydrogens (primary N) is 1. The van der Waals surface area contributed by atoms with E-state index < -0.39 is 24.4 Å². The van der Waals surface area contributed by atoms with E-state index in [9.17, 15) is 16.8 Å². The Balaban J connectivity index is 3.32. The topological polar surface area (TPSA) is 115 Å². The quantitative estimate of drug-likeness (QED) is 0.688. The lowest BCUT2D eigenvalue weighted by Gasteiger charge is -1.89. The summed E-state index contributed by atoms with van der Waals surface area (Å²) in [6.45, 7) is 0. The van der Waals surface area contributed by atoms with Crippen LogP contribution in [0.25, 0.3) is 0 Å². The molecule has 0 unspecified atom stereocenters. The first kappa shape index (κ1) is 10.6. The van der Waals surface area contributed by atoms with Crippen molar-refractivity contribution in [2.24, 2.45) is 5.14 Å². The molecule has 0 bridgehead atoms. The van der Waals surface area contributed by atoms with Gasteiger partial charge in [-0.1, -0.05) is 0 Å². The summed E-state index contributed by atoms with van der Waals surface area (Å²) in [5, 5.41) is 5.76. The van der Waals surface area contributed by atoms with Crippen molar-refractivity contribution in [3.05, 3.63) is 11.4 Å². The first-order valence-electron chi connectivity index (χ1n) is 2.80. The maximum atomic E-state index is 10.7. The third-order valence-corrected chi connectivity index (χ3v) is 4.44. The lowest BCUT2D eigenvalue weighted by atomic mass is 10.7. The molecule has 6 nitrogen and oxygen atoms in total. The highest BCUT2D eigenvalue weighted by molar-refractivity contribution is 7.90. The summed E-state index contributed by atoms with van der Waals surface area (Å²) < 4.78 is 50.4. The molecule has 0 saturated heterocycles. The number of hydrogen-bond donors (Lipinski definition) is 2. The predicted molar refractivity (Wildman–Crippen MR) is 45.5 cm³/mol. The Hall–Kier alpha value is -0.480. The van der Waals surface area contributed by atoms with E-state index in [1.54, 1.807) is 0 Å². The van der Waals surface area contributed by atoms with Crippen LogP contribution in [0.3, 0.4) is 0 Å². The van der Waals surface area contributed by atoms with Gasteiger partial charge in [-0.15, -0.1) is 11.3 Å². The summed E-state index contributed by atoms with van der Waals surface area (Å²) in [4.78, 5) is -0.329. The molecule has 0 aliphatic heterocycles. The standard InChI is InChI=1S/C4H5NO5S3/c5-12(6,7)3-1-4(11-2-3)13(8,9)10/h1-2H,(H2,5,6,7)(H,8,9,10). The molecule has 1 heterocycles. The van der Waals surface area contributed by atoms with Crippen molar-refractivity contribution < 1.29 is 21.4 Å². The zero-order valence-corrected chi connectivity index (χ0v) is 8.49. The van der Waals surface area contributed by atoms with Gasteiger partial charge >= 0.3 is 10.1 Å². The fourth-order valence-electron chi connectivity index (χ4n) is 0.585. The molecule has 0 aliphatic carbocycles. The van der Waals surface area contributed by atoms with Gasteiger partial charge in [0.15, 0.2) is 0 Å². The first-order chi connectivity index (χ1) is 5.71. The normalized spacial score (nSPS) is 13.1. The second kappa shape index (κ2) is 3.03. The molecule has 9 heteroatoms. The van der Waals surface area contributed by atoms with Crippen LogP contribution in [0.1, 0.15) is 0 Å². The molecule has 13 heavy (non-hydrogen) atoms. The van der Waals surface area contributed by atoms with Crippen LogP contribution in [0.2, 0.25) is 0 Å². The average Bonchev–Trinajstić information content (AvgIpc) is 2.28. The minimum absolute atomic E-state index is 0.329. The van der Waals surface area contributed by atoms with Crippen LogP contribution in [0.5, 0.6) is 0 Å². The van der Waals surface area contributed by atoms with Crippen molar-refractivity contribution in [2.75, 3.05) is 0 Å². The summed E-state index contributed by atoms with van der Waals surface area (Å²) in [6, 6.07) is 0.801. The Kier molecular flexibility index (Phi) is 2.47. The molecule has 0 aromatic carbocycles. The maximum absolute atomic E-state index is 10.7. The third kappa shape index (κ3) is 2.48. The lowest BCUT2D eigenvalue weighted by Crippen LogP contribution is -2.10. The van der Waals surface area contributed by atoms with Gasteiger partial charge in [-0.05, 0) is 6.07 Å². The molecule has 0 spiro atoms. The van der Waals surface area contributed by atoms with Crippen LogP contribution < -0.4 is 5.14 Å². The Bertz CT molecular complexity index is 463. The second-order valence-electron chi connectivity index (χ2n) is 2.12. The van der Waals surface area contributed by atoms with E-state index in [0.717, 1.165) is 11.4 Å². The summed E-state index contributed by atoms with van der Waals surface area (Å²) in [5.74, 6) is 0. The van der Waals surface area contributed by atoms with E-state index >= 15 is 0 Å². The number of hydrogen-bond acceptors (Lipinski definition) is 5. The molecule has 74 valence electrons. The SMILES string of the molecule is NS(=O)(=O)c1csc(S(=O)(=O)O)c1. The summed E-state index contributed by atoms with van der Waals surface area (Å²) >= 11 is 0.586. The molecular weight excluding hydrogens is 238 g/mol. The smallest absolute Gasteiger partial charge is 0.281 e. The van der Waals surface area contributed by atoms with E-state index in [-0.39, 0.29) is 4.90 Å². The van der Waals surface area contributed by atoms with Gasteiger partial charge in [0.2, 0.25) is 10.0 Å². The van der Waals surface area contributed by atoms with E-state index in [2.05, 4.69) is 0 Å². The Morgan fingerprint density at radius 3 is 2.08 bits per heavy atom. The number of primary sulfonamides is 1. The molecule has 0 fully saturated rings. The van der Waals surface area contributed by atoms with Gasteiger partial charge in [0, 0.05) is 5.38 Å². The van der Waals surface area contributed by atoms with E-state index in [1.807, 2.05) is 0 Å². The Labute approximate surface area is 78.8 Å². The summed E-state index contributed by atoms with van der Waals surface area (Å²) in [7, 11) is -8.25. The van der Waals surface area contributed by atoms with Gasteiger partial charge in [-0.3, -0.25) is 4.55 Å². The highest BCUT2D eigenvalue weighted by atomic mass is 32.3. The minimum atomic E-state index is -4.34. The first-order valence-corrected chi connectivity index (χ1v) is 6.67. The van der Waals surface area contributed by atoms with Crippen molar-refractivity contribution in [3.63, 3.8) is 0 Å². The fraction of sp³-hybridized carbons (Fsp3) is 0. The third-order valence-electron chi connectivity index (χ3n) is 1.13. The molecule has 1 aromatic rings. The summed E-state index contributed by atoms with van der Waals surface area (Å²) in [6.07, 6.45) is 0. The van der Waals surface area contributed by atoms with Gasteiger partial charge in [0.25, 0.3) is 0 Å². The maximum Gasteiger partial charge on any atom is 0.304 e. The van der Waals surface area contributed by atoms with Crippen LogP contribution in [0.4, 0.5) is 0 Å². The molecule has 1 rings (SSSR count). The molecule has 0 aliphatic rings. The largest absolute Gasteiger partial charge is 0.304 e. The van der Waals surface area contributed by atoms with Gasteiger partial charge in [-0.2, -0.15) is 8.42 Å². The molecule has 1 aromatic heterocycles. The van der Waals surface area contributed by atoms with Crippen molar-refractivity contribution in [1.29, 1.82) is 0 Å². The number of sulfonamides is 1. The zero-order valence-electron chi connectivity index (χ0n) is 6.04. The lowest BCUT2D eigenvalue weighted by molar-refractivity contribution is 0.485. The predicted octanol–water partition coefficient (Wildman–Crippen LogP) is -0.358. The molecular formula is C4H5NO5S3. The number of rotatable bonds is 2. The average molecular weight is 243 g/mol. The Morgan fingerprint density at radius 1 is 1.31 bits per heavy atom. The van der Waals surface area contributed by atoms with E-state index in [0.29, 0.717) is 11.3 Å². The van der Waals surface area contributed by atoms with Crippen LogP contribution >= 0.6 is 11.3 Å². The molecule has 0 saturated carbocycles. The van der Waals surface area contributed by atoms with Gasteiger partial charge < -0.3 is 0 Å². The van der Waals surface area contributed by atoms with E-state index in [4.69, 9.17) is 9.69 Å². The van der Waals surface area contributed by atoms with Crippen LogP contribution in [-0.4, -0.2) is 21.4 Å². The molecule has 0 radical (unpaired) electrons. The minimum Gasteiger partial charge on any atom is -0.281 e. The monoisotopic (exact) mass is 243 g/mol. The van der Waals surface area contributed by atoms with Gasteiger partial charge in [0.05, 0.1) is 4.90 Å². The van der Waals surface area contributed by atoms with Crippen molar-refractivity contribution in [1.82, 2.24) is 0 Å².